The van der Waals surface area contributed by atoms with Crippen molar-refractivity contribution < 1.29 is 14.3 Å². The molecule has 0 saturated carbocycles. The second-order valence-corrected chi connectivity index (χ2v) is 3.94. The number of aromatic amines is 1. The number of hydrogen-bond donors (Lipinski definition) is 3. The molecule has 0 radical (unpaired) electrons. The van der Waals surface area contributed by atoms with Crippen molar-refractivity contribution in [3.63, 3.8) is 0 Å². The van der Waals surface area contributed by atoms with E-state index in [1.165, 1.54) is 0 Å². The Hall–Kier alpha value is -1.96. The van der Waals surface area contributed by atoms with E-state index in [2.05, 4.69) is 25.8 Å². The number of nitrogens with zero attached hydrogens (tertiary/aromatic N) is 2. The van der Waals surface area contributed by atoms with Gasteiger partial charge in [0.25, 0.3) is 5.91 Å². The number of ether oxygens (including phenoxy) is 1. The van der Waals surface area contributed by atoms with Crippen molar-refractivity contribution in [1.29, 1.82) is 0 Å². The monoisotopic (exact) mass is 269 g/mol. The lowest BCUT2D eigenvalue weighted by Crippen LogP contribution is -2.45. The Balaban J connectivity index is 2.44. The predicted octanol–water partition coefficient (Wildman–Crippen LogP) is -0.752. The molecule has 3 N–H and O–H groups in total. The van der Waals surface area contributed by atoms with Gasteiger partial charge in [0.05, 0.1) is 6.61 Å². The molecule has 0 aliphatic rings. The molecule has 0 spiro atoms. The lowest BCUT2D eigenvalue weighted by Gasteiger charge is -2.12. The molecule has 0 bridgehead atoms. The van der Waals surface area contributed by atoms with Crippen LogP contribution in [0.1, 0.15) is 30.3 Å². The Labute approximate surface area is 111 Å². The quantitative estimate of drug-likeness (QED) is 0.564. The molecule has 8 nitrogen and oxygen atoms in total. The van der Waals surface area contributed by atoms with Crippen LogP contribution in [0.15, 0.2) is 0 Å². The van der Waals surface area contributed by atoms with Crippen LogP contribution in [0, 0.1) is 0 Å². The molecule has 1 aromatic heterocycles. The number of aromatic nitrogens is 3. The van der Waals surface area contributed by atoms with Crippen LogP contribution in [-0.2, 0) is 16.0 Å². The summed E-state index contributed by atoms with van der Waals surface area (Å²) in [6.07, 6.45) is 0.660. The first-order valence-electron chi connectivity index (χ1n) is 6.07. The van der Waals surface area contributed by atoms with Crippen LogP contribution < -0.4 is 10.6 Å². The zero-order chi connectivity index (χ0) is 14.3. The van der Waals surface area contributed by atoms with E-state index in [1.54, 1.807) is 14.0 Å². The molecular formula is C11H19N5O3. The number of carbonyl (C=O) groups excluding carboxylic acids is 2. The number of aryl methyl sites for hydroxylation is 1. The Morgan fingerprint density at radius 3 is 2.79 bits per heavy atom. The molecule has 0 fully saturated rings. The third kappa shape index (κ3) is 4.66. The molecule has 106 valence electrons. The van der Waals surface area contributed by atoms with Crippen LogP contribution in [0.25, 0.3) is 0 Å². The zero-order valence-corrected chi connectivity index (χ0v) is 11.3. The average Bonchev–Trinajstić information content (AvgIpc) is 2.87. The van der Waals surface area contributed by atoms with Crippen molar-refractivity contribution in [3.8, 4) is 0 Å². The van der Waals surface area contributed by atoms with E-state index in [-0.39, 0.29) is 11.7 Å². The van der Waals surface area contributed by atoms with Crippen molar-refractivity contribution in [1.82, 2.24) is 25.8 Å². The first-order valence-corrected chi connectivity index (χ1v) is 6.07. The Bertz CT molecular complexity index is 432. The van der Waals surface area contributed by atoms with Crippen LogP contribution in [0.3, 0.4) is 0 Å². The van der Waals surface area contributed by atoms with Gasteiger partial charge in [-0.15, -0.1) is 5.10 Å². The van der Waals surface area contributed by atoms with Crippen LogP contribution in [0.4, 0.5) is 0 Å². The first kappa shape index (κ1) is 15.1. The molecule has 1 aromatic rings. The van der Waals surface area contributed by atoms with Crippen molar-refractivity contribution in [3.05, 3.63) is 11.6 Å². The molecule has 0 saturated heterocycles. The number of hydrogen-bond acceptors (Lipinski definition) is 5. The standard InChI is InChI=1S/C11H19N5O3/c1-4-8-14-9(16-15-8)11(18)13-7(2)10(17)12-5-6-19-3/h7H,4-6H2,1-3H3,(H,12,17)(H,13,18)(H,14,15,16). The van der Waals surface area contributed by atoms with Crippen LogP contribution in [0.5, 0.6) is 0 Å². The summed E-state index contributed by atoms with van der Waals surface area (Å²) in [5.74, 6) is -0.0993. The number of rotatable bonds is 7. The second kappa shape index (κ2) is 7.47. The minimum Gasteiger partial charge on any atom is -0.383 e. The molecule has 19 heavy (non-hydrogen) atoms. The van der Waals surface area contributed by atoms with Gasteiger partial charge < -0.3 is 15.4 Å². The first-order chi connectivity index (χ1) is 9.08. The molecule has 8 heteroatoms. The van der Waals surface area contributed by atoms with Gasteiger partial charge in [-0.2, -0.15) is 0 Å². The normalized spacial score (nSPS) is 11.9. The summed E-state index contributed by atoms with van der Waals surface area (Å²) in [5.41, 5.74) is 0. The summed E-state index contributed by atoms with van der Waals surface area (Å²) < 4.78 is 4.81. The fourth-order valence-corrected chi connectivity index (χ4v) is 1.31. The number of H-pyrrole nitrogens is 1. The molecular weight excluding hydrogens is 250 g/mol. The molecule has 1 heterocycles. The summed E-state index contributed by atoms with van der Waals surface area (Å²) >= 11 is 0. The SMILES string of the molecule is CCc1nc(C(=O)NC(C)C(=O)NCCOC)n[nH]1. The largest absolute Gasteiger partial charge is 0.383 e. The van der Waals surface area contributed by atoms with E-state index in [0.717, 1.165) is 0 Å². The van der Waals surface area contributed by atoms with Crippen LogP contribution >= 0.6 is 0 Å². The van der Waals surface area contributed by atoms with Crippen molar-refractivity contribution in [2.24, 2.45) is 0 Å². The van der Waals surface area contributed by atoms with Gasteiger partial charge in [0.15, 0.2) is 0 Å². The summed E-state index contributed by atoms with van der Waals surface area (Å²) in [7, 11) is 1.55. The van der Waals surface area contributed by atoms with Crippen molar-refractivity contribution >= 4 is 11.8 Å². The summed E-state index contributed by atoms with van der Waals surface area (Å²) in [6.45, 7) is 4.31. The van der Waals surface area contributed by atoms with Crippen molar-refractivity contribution in [2.75, 3.05) is 20.3 Å². The predicted molar refractivity (Wildman–Crippen MR) is 67.6 cm³/mol. The molecule has 0 aromatic carbocycles. The van der Waals surface area contributed by atoms with E-state index >= 15 is 0 Å². The fourth-order valence-electron chi connectivity index (χ4n) is 1.31. The highest BCUT2D eigenvalue weighted by Crippen LogP contribution is 1.94. The molecule has 0 aliphatic heterocycles. The second-order valence-electron chi connectivity index (χ2n) is 3.94. The molecule has 1 unspecified atom stereocenters. The maximum atomic E-state index is 11.8. The van der Waals surface area contributed by atoms with Gasteiger partial charge in [-0.05, 0) is 6.92 Å². The minimum atomic E-state index is -0.659. The lowest BCUT2D eigenvalue weighted by molar-refractivity contribution is -0.122. The van der Waals surface area contributed by atoms with E-state index < -0.39 is 11.9 Å². The Morgan fingerprint density at radius 1 is 1.47 bits per heavy atom. The van der Waals surface area contributed by atoms with Crippen LogP contribution in [0.2, 0.25) is 0 Å². The van der Waals surface area contributed by atoms with E-state index in [1.807, 2.05) is 6.92 Å². The molecule has 0 aliphatic carbocycles. The van der Waals surface area contributed by atoms with Gasteiger partial charge in [0.1, 0.15) is 11.9 Å². The average molecular weight is 269 g/mol. The van der Waals surface area contributed by atoms with E-state index in [4.69, 9.17) is 4.74 Å². The number of amides is 2. The minimum absolute atomic E-state index is 0.0355. The number of nitrogens with one attached hydrogen (secondary N) is 3. The third-order valence-electron chi connectivity index (χ3n) is 2.42. The van der Waals surface area contributed by atoms with E-state index in [9.17, 15) is 9.59 Å². The maximum Gasteiger partial charge on any atom is 0.291 e. The van der Waals surface area contributed by atoms with Crippen LogP contribution in [-0.4, -0.2) is 53.3 Å². The van der Waals surface area contributed by atoms with Gasteiger partial charge >= 0.3 is 0 Å². The number of methoxy groups -OCH3 is 1. The molecule has 2 amide bonds. The topological polar surface area (TPSA) is 109 Å². The number of carbonyl (C=O) groups is 2. The van der Waals surface area contributed by atoms with E-state index in [0.29, 0.717) is 25.4 Å². The fraction of sp³-hybridized carbons (Fsp3) is 0.636. The summed E-state index contributed by atoms with van der Waals surface area (Å²) in [5, 5.41) is 11.6. The van der Waals surface area contributed by atoms with Crippen molar-refractivity contribution in [2.45, 2.75) is 26.3 Å². The Morgan fingerprint density at radius 2 is 2.21 bits per heavy atom. The maximum absolute atomic E-state index is 11.8. The summed E-state index contributed by atoms with van der Waals surface area (Å²) in [6, 6.07) is -0.659. The smallest absolute Gasteiger partial charge is 0.291 e. The highest BCUT2D eigenvalue weighted by atomic mass is 16.5. The third-order valence-corrected chi connectivity index (χ3v) is 2.42. The van der Waals surface area contributed by atoms with Gasteiger partial charge in [0, 0.05) is 20.1 Å². The van der Waals surface area contributed by atoms with Gasteiger partial charge in [-0.1, -0.05) is 6.92 Å². The lowest BCUT2D eigenvalue weighted by atomic mass is 10.3. The Kier molecular flexibility index (Phi) is 5.94. The highest BCUT2D eigenvalue weighted by Gasteiger charge is 2.18. The summed E-state index contributed by atoms with van der Waals surface area (Å²) in [4.78, 5) is 27.4. The molecule has 1 rings (SSSR count). The zero-order valence-electron chi connectivity index (χ0n) is 11.3. The van der Waals surface area contributed by atoms with Gasteiger partial charge in [-0.25, -0.2) is 4.98 Å². The van der Waals surface area contributed by atoms with Gasteiger partial charge in [-0.3, -0.25) is 14.7 Å². The highest BCUT2D eigenvalue weighted by molar-refractivity contribution is 5.94. The molecule has 1 atom stereocenters. The van der Waals surface area contributed by atoms with Gasteiger partial charge in [0.2, 0.25) is 11.7 Å².